The molecule has 2 atom stereocenters. The zero-order chi connectivity index (χ0) is 20.4. The molecular weight excluding hydrogens is 407 g/mol. The summed E-state index contributed by atoms with van der Waals surface area (Å²) in [4.78, 5) is 27.6. The van der Waals surface area contributed by atoms with Gasteiger partial charge in [-0.15, -0.1) is 0 Å². The minimum atomic E-state index is -0.313. The van der Waals surface area contributed by atoms with Gasteiger partial charge in [-0.25, -0.2) is 0 Å². The molecule has 1 N–H and O–H groups in total. The lowest BCUT2D eigenvalue weighted by atomic mass is 9.78. The van der Waals surface area contributed by atoms with Crippen LogP contribution in [0.5, 0.6) is 0 Å². The molecule has 1 aliphatic heterocycles. The van der Waals surface area contributed by atoms with Crippen molar-refractivity contribution >= 4 is 40.7 Å². The summed E-state index contributed by atoms with van der Waals surface area (Å²) in [6.45, 7) is 0.841. The molecule has 2 aromatic rings. The van der Waals surface area contributed by atoms with Crippen molar-refractivity contribution in [2.45, 2.75) is 44.6 Å². The maximum atomic E-state index is 13.1. The van der Waals surface area contributed by atoms with E-state index in [4.69, 9.17) is 23.2 Å². The average molecular weight is 431 g/mol. The van der Waals surface area contributed by atoms with Gasteiger partial charge in [0.1, 0.15) is 0 Å². The van der Waals surface area contributed by atoms with E-state index < -0.39 is 0 Å². The fraction of sp³-hybridized carbons (Fsp3) is 0.391. The van der Waals surface area contributed by atoms with Gasteiger partial charge in [-0.05, 0) is 74.1 Å². The zero-order valence-corrected chi connectivity index (χ0v) is 17.7. The SMILES string of the molecule is O=C(Nc1ccc(C(=O)N2CCC[C@@H]3CCCC[C@H]32)cc1)c1ccc(Cl)cc1Cl. The Morgan fingerprint density at radius 2 is 1.66 bits per heavy atom. The van der Waals surface area contributed by atoms with E-state index in [0.717, 1.165) is 19.4 Å². The maximum absolute atomic E-state index is 13.1. The van der Waals surface area contributed by atoms with Crippen LogP contribution in [0.3, 0.4) is 0 Å². The lowest BCUT2D eigenvalue weighted by molar-refractivity contribution is 0.0390. The lowest BCUT2D eigenvalue weighted by Crippen LogP contribution is -2.49. The van der Waals surface area contributed by atoms with Crippen LogP contribution in [0.15, 0.2) is 42.5 Å². The van der Waals surface area contributed by atoms with E-state index in [1.54, 1.807) is 36.4 Å². The summed E-state index contributed by atoms with van der Waals surface area (Å²) in [5, 5.41) is 3.60. The Morgan fingerprint density at radius 1 is 0.931 bits per heavy atom. The van der Waals surface area contributed by atoms with Crippen LogP contribution in [0.2, 0.25) is 10.0 Å². The Bertz CT molecular complexity index is 912. The highest BCUT2D eigenvalue weighted by Crippen LogP contribution is 2.36. The summed E-state index contributed by atoms with van der Waals surface area (Å²) in [7, 11) is 0. The molecule has 2 aromatic carbocycles. The van der Waals surface area contributed by atoms with Crippen LogP contribution in [0.1, 0.15) is 59.2 Å². The Balaban J connectivity index is 1.44. The van der Waals surface area contributed by atoms with Crippen LogP contribution in [0.25, 0.3) is 0 Å². The zero-order valence-electron chi connectivity index (χ0n) is 16.2. The molecule has 2 fully saturated rings. The summed E-state index contributed by atoms with van der Waals surface area (Å²) in [5.74, 6) is 0.441. The molecule has 1 saturated heterocycles. The van der Waals surface area contributed by atoms with Crippen LogP contribution < -0.4 is 5.32 Å². The summed E-state index contributed by atoms with van der Waals surface area (Å²) >= 11 is 12.0. The number of rotatable bonds is 3. The molecule has 29 heavy (non-hydrogen) atoms. The summed E-state index contributed by atoms with van der Waals surface area (Å²) < 4.78 is 0. The molecule has 0 unspecified atom stereocenters. The van der Waals surface area contributed by atoms with Gasteiger partial charge in [0.25, 0.3) is 11.8 Å². The molecule has 0 bridgehead atoms. The number of carbonyl (C=O) groups is 2. The molecule has 1 aliphatic carbocycles. The van der Waals surface area contributed by atoms with Gasteiger partial charge in [0.2, 0.25) is 0 Å². The second kappa shape index (κ2) is 8.76. The van der Waals surface area contributed by atoms with E-state index >= 15 is 0 Å². The van der Waals surface area contributed by atoms with Crippen LogP contribution in [-0.4, -0.2) is 29.3 Å². The largest absolute Gasteiger partial charge is 0.335 e. The smallest absolute Gasteiger partial charge is 0.257 e. The predicted octanol–water partition coefficient (Wildman–Crippen LogP) is 6.04. The number of likely N-dealkylation sites (tertiary alicyclic amines) is 1. The van der Waals surface area contributed by atoms with Crippen molar-refractivity contribution in [3.05, 3.63) is 63.6 Å². The Hall–Kier alpha value is -2.04. The van der Waals surface area contributed by atoms with Gasteiger partial charge in [-0.1, -0.05) is 36.0 Å². The first-order chi connectivity index (χ1) is 14.0. The van der Waals surface area contributed by atoms with Crippen molar-refractivity contribution in [2.75, 3.05) is 11.9 Å². The Kier molecular flexibility index (Phi) is 6.12. The highest BCUT2D eigenvalue weighted by atomic mass is 35.5. The topological polar surface area (TPSA) is 49.4 Å². The third-order valence-electron chi connectivity index (χ3n) is 6.07. The first-order valence-corrected chi connectivity index (χ1v) is 11.0. The molecule has 6 heteroatoms. The number of amides is 2. The van der Waals surface area contributed by atoms with Crippen LogP contribution >= 0.6 is 23.2 Å². The summed E-state index contributed by atoms with van der Waals surface area (Å²) in [5.41, 5.74) is 1.64. The fourth-order valence-electron chi connectivity index (χ4n) is 4.61. The molecule has 0 spiro atoms. The maximum Gasteiger partial charge on any atom is 0.257 e. The van der Waals surface area contributed by atoms with Gasteiger partial charge in [0.15, 0.2) is 0 Å². The molecule has 0 radical (unpaired) electrons. The summed E-state index contributed by atoms with van der Waals surface area (Å²) in [6, 6.07) is 12.2. The van der Waals surface area contributed by atoms with Gasteiger partial charge in [0, 0.05) is 28.9 Å². The molecule has 1 heterocycles. The monoisotopic (exact) mass is 430 g/mol. The van der Waals surface area contributed by atoms with Crippen LogP contribution in [0, 0.1) is 5.92 Å². The number of nitrogens with one attached hydrogen (secondary N) is 1. The van der Waals surface area contributed by atoms with E-state index in [0.29, 0.717) is 38.8 Å². The van der Waals surface area contributed by atoms with Crippen molar-refractivity contribution in [3.8, 4) is 0 Å². The second-order valence-corrected chi connectivity index (χ2v) is 8.75. The number of anilines is 1. The van der Waals surface area contributed by atoms with Crippen molar-refractivity contribution in [3.63, 3.8) is 0 Å². The normalized spacial score (nSPS) is 21.4. The molecule has 2 amide bonds. The van der Waals surface area contributed by atoms with Crippen molar-refractivity contribution in [2.24, 2.45) is 5.92 Å². The van der Waals surface area contributed by atoms with Crippen LogP contribution in [0.4, 0.5) is 5.69 Å². The molecule has 4 nitrogen and oxygen atoms in total. The van der Waals surface area contributed by atoms with E-state index in [1.165, 1.54) is 31.7 Å². The number of piperidine rings is 1. The molecule has 0 aromatic heterocycles. The van der Waals surface area contributed by atoms with E-state index in [-0.39, 0.29) is 11.8 Å². The van der Waals surface area contributed by atoms with Crippen molar-refractivity contribution in [1.29, 1.82) is 0 Å². The second-order valence-electron chi connectivity index (χ2n) is 7.91. The van der Waals surface area contributed by atoms with E-state index in [9.17, 15) is 9.59 Å². The van der Waals surface area contributed by atoms with Crippen molar-refractivity contribution < 1.29 is 9.59 Å². The first kappa shape index (κ1) is 20.2. The molecule has 1 saturated carbocycles. The van der Waals surface area contributed by atoms with Gasteiger partial charge in [0.05, 0.1) is 10.6 Å². The van der Waals surface area contributed by atoms with E-state index in [1.807, 2.05) is 0 Å². The third kappa shape index (κ3) is 4.44. The molecule has 2 aliphatic rings. The highest BCUT2D eigenvalue weighted by molar-refractivity contribution is 6.37. The number of hydrogen-bond donors (Lipinski definition) is 1. The number of fused-ring (bicyclic) bond motifs is 1. The third-order valence-corrected chi connectivity index (χ3v) is 6.62. The van der Waals surface area contributed by atoms with Gasteiger partial charge >= 0.3 is 0 Å². The minimum absolute atomic E-state index is 0.0974. The van der Waals surface area contributed by atoms with Crippen molar-refractivity contribution in [1.82, 2.24) is 4.90 Å². The van der Waals surface area contributed by atoms with Gasteiger partial charge in [-0.2, -0.15) is 0 Å². The Labute approximate surface area is 181 Å². The average Bonchev–Trinajstić information content (AvgIpc) is 2.73. The summed E-state index contributed by atoms with van der Waals surface area (Å²) in [6.07, 6.45) is 7.19. The van der Waals surface area contributed by atoms with Gasteiger partial charge < -0.3 is 10.2 Å². The minimum Gasteiger partial charge on any atom is -0.335 e. The first-order valence-electron chi connectivity index (χ1n) is 10.2. The Morgan fingerprint density at radius 3 is 2.41 bits per heavy atom. The predicted molar refractivity (Wildman–Crippen MR) is 117 cm³/mol. The molecule has 4 rings (SSSR count). The fourth-order valence-corrected chi connectivity index (χ4v) is 5.11. The molecule has 152 valence electrons. The lowest BCUT2D eigenvalue weighted by Gasteiger charge is -2.44. The number of benzene rings is 2. The molecular formula is C23H24Cl2N2O2. The van der Waals surface area contributed by atoms with E-state index in [2.05, 4.69) is 10.2 Å². The van der Waals surface area contributed by atoms with Gasteiger partial charge in [-0.3, -0.25) is 9.59 Å². The van der Waals surface area contributed by atoms with Crippen LogP contribution in [-0.2, 0) is 0 Å². The number of nitrogens with zero attached hydrogens (tertiary/aromatic N) is 1. The number of carbonyl (C=O) groups excluding carboxylic acids is 2. The quantitative estimate of drug-likeness (QED) is 0.644. The number of hydrogen-bond acceptors (Lipinski definition) is 2. The standard InChI is InChI=1S/C23H24Cl2N2O2/c24-17-9-12-19(20(25)14-17)22(28)26-18-10-7-16(8-11-18)23(29)27-13-3-5-15-4-1-2-6-21(15)27/h7-12,14-15,21H,1-6,13H2,(H,26,28)/t15-,21+/m0/s1. The number of halogens is 2. The highest BCUT2D eigenvalue weighted by Gasteiger charge is 2.35.